The number of alkyl halides is 3. The Hall–Kier alpha value is -3.35. The molecule has 204 valence electrons. The van der Waals surface area contributed by atoms with Gasteiger partial charge in [-0.15, -0.1) is 0 Å². The number of carbonyl (C=O) groups excluding carboxylic acids is 1. The molecule has 0 saturated carbocycles. The van der Waals surface area contributed by atoms with Gasteiger partial charge >= 0.3 is 12.1 Å². The minimum absolute atomic E-state index is 0.00177. The van der Waals surface area contributed by atoms with Crippen LogP contribution in [0.4, 0.5) is 13.2 Å². The number of carboxylic acid groups (broad SMARTS) is 1. The van der Waals surface area contributed by atoms with E-state index in [2.05, 4.69) is 24.4 Å². The summed E-state index contributed by atoms with van der Waals surface area (Å²) >= 11 is 0. The second kappa shape index (κ2) is 14.0. The summed E-state index contributed by atoms with van der Waals surface area (Å²) in [5, 5.41) is 13.3. The van der Waals surface area contributed by atoms with Crippen molar-refractivity contribution in [3.8, 4) is 0 Å². The molecule has 3 aromatic rings. The Bertz CT molecular complexity index is 1210. The van der Waals surface area contributed by atoms with Crippen molar-refractivity contribution in [1.29, 1.82) is 0 Å². The number of hydrogen-bond acceptors (Lipinski definition) is 2. The molecule has 0 saturated heterocycles. The zero-order valence-corrected chi connectivity index (χ0v) is 21.8. The number of unbranched alkanes of at least 4 members (excludes halogenated alkanes) is 4. The molecule has 1 atom stereocenters. The van der Waals surface area contributed by atoms with Gasteiger partial charge in [0.15, 0.2) is 0 Å². The van der Waals surface area contributed by atoms with Gasteiger partial charge in [-0.3, -0.25) is 9.59 Å². The first-order valence-electron chi connectivity index (χ1n) is 13.4. The lowest BCUT2D eigenvalue weighted by atomic mass is 9.85. The van der Waals surface area contributed by atoms with Crippen molar-refractivity contribution in [1.82, 2.24) is 5.32 Å². The van der Waals surface area contributed by atoms with Crippen molar-refractivity contribution in [2.75, 3.05) is 6.54 Å². The number of nitrogens with one attached hydrogen (secondary N) is 1. The summed E-state index contributed by atoms with van der Waals surface area (Å²) in [7, 11) is 0. The summed E-state index contributed by atoms with van der Waals surface area (Å²) in [6.45, 7) is 2.20. The monoisotopic (exact) mass is 527 g/mol. The molecule has 2 N–H and O–H groups in total. The summed E-state index contributed by atoms with van der Waals surface area (Å²) < 4.78 is 39.5. The van der Waals surface area contributed by atoms with Crippen molar-refractivity contribution in [2.45, 2.75) is 76.8 Å². The van der Waals surface area contributed by atoms with E-state index in [1.54, 1.807) is 24.3 Å². The summed E-state index contributed by atoms with van der Waals surface area (Å²) in [4.78, 5) is 22.9. The molecule has 0 fully saturated rings. The third kappa shape index (κ3) is 9.19. The molecule has 0 aliphatic heterocycles. The molecule has 0 radical (unpaired) electrons. The maximum atomic E-state index is 13.2. The van der Waals surface area contributed by atoms with Crippen molar-refractivity contribution in [3.05, 3.63) is 82.9 Å². The molecule has 0 spiro atoms. The summed E-state index contributed by atoms with van der Waals surface area (Å²) in [6, 6.07) is 18.7. The number of aliphatic carboxylic acids is 1. The zero-order valence-electron chi connectivity index (χ0n) is 21.8. The highest BCUT2D eigenvalue weighted by atomic mass is 19.4. The molecule has 0 aliphatic carbocycles. The second-order valence-electron chi connectivity index (χ2n) is 9.83. The van der Waals surface area contributed by atoms with Crippen LogP contribution >= 0.6 is 0 Å². The highest BCUT2D eigenvalue weighted by molar-refractivity contribution is 5.94. The number of amides is 1. The predicted molar refractivity (Wildman–Crippen MR) is 145 cm³/mol. The van der Waals surface area contributed by atoms with Gasteiger partial charge in [0.25, 0.3) is 5.91 Å². The van der Waals surface area contributed by atoms with Crippen LogP contribution in [-0.4, -0.2) is 29.7 Å². The Labute approximate surface area is 222 Å². The largest absolute Gasteiger partial charge is 0.481 e. The average Bonchev–Trinajstić information content (AvgIpc) is 2.88. The van der Waals surface area contributed by atoms with Crippen LogP contribution in [0.2, 0.25) is 0 Å². The van der Waals surface area contributed by atoms with Crippen LogP contribution in [0.1, 0.15) is 91.3 Å². The van der Waals surface area contributed by atoms with Crippen LogP contribution in [0.5, 0.6) is 0 Å². The Morgan fingerprint density at radius 1 is 0.868 bits per heavy atom. The second-order valence-corrected chi connectivity index (χ2v) is 9.83. The molecule has 3 aromatic carbocycles. The molecule has 3 rings (SSSR count). The number of fused-ring (bicyclic) bond motifs is 1. The third-order valence-electron chi connectivity index (χ3n) is 6.82. The van der Waals surface area contributed by atoms with Gasteiger partial charge in [0.1, 0.15) is 0 Å². The van der Waals surface area contributed by atoms with Crippen LogP contribution in [0.25, 0.3) is 10.8 Å². The van der Waals surface area contributed by atoms with Crippen LogP contribution in [-0.2, 0) is 11.2 Å². The minimum atomic E-state index is -4.27. The standard InChI is InChI=1S/C31H36F3NO3/c1-2-3-4-5-6-7-22-8-9-26-21-27(15-14-25(26)20-22)28(16-18-31(32,33)34)23-10-12-24(13-11-23)30(38)35-19-17-29(36)37/h8-15,20-21,28H,2-7,16-19H2,1H3,(H,35,38)(H,36,37). The van der Waals surface area contributed by atoms with Gasteiger partial charge in [-0.05, 0) is 58.9 Å². The van der Waals surface area contributed by atoms with E-state index in [-0.39, 0.29) is 19.4 Å². The molecule has 1 amide bonds. The van der Waals surface area contributed by atoms with E-state index in [4.69, 9.17) is 5.11 Å². The summed E-state index contributed by atoms with van der Waals surface area (Å²) in [5.74, 6) is -1.91. The predicted octanol–water partition coefficient (Wildman–Crippen LogP) is 8.03. The van der Waals surface area contributed by atoms with Crippen LogP contribution in [0.3, 0.4) is 0 Å². The molecule has 0 aliphatic rings. The van der Waals surface area contributed by atoms with Gasteiger partial charge in [0.2, 0.25) is 0 Å². The molecule has 0 aromatic heterocycles. The molecule has 0 heterocycles. The van der Waals surface area contributed by atoms with Gasteiger partial charge in [-0.1, -0.05) is 81.1 Å². The van der Waals surface area contributed by atoms with E-state index in [0.29, 0.717) is 11.1 Å². The first-order valence-corrected chi connectivity index (χ1v) is 13.4. The lowest BCUT2D eigenvalue weighted by Crippen LogP contribution is -2.25. The highest BCUT2D eigenvalue weighted by Crippen LogP contribution is 2.35. The smallest absolute Gasteiger partial charge is 0.389 e. The maximum absolute atomic E-state index is 13.2. The molecular weight excluding hydrogens is 491 g/mol. The number of carboxylic acids is 1. The average molecular weight is 528 g/mol. The SMILES string of the molecule is CCCCCCCc1ccc2cc(C(CCC(F)(F)F)c3ccc(C(=O)NCCC(=O)O)cc3)ccc2c1. The Balaban J connectivity index is 1.78. The van der Waals surface area contributed by atoms with Gasteiger partial charge in [0, 0.05) is 24.4 Å². The first kappa shape index (κ1) is 29.2. The van der Waals surface area contributed by atoms with Crippen molar-refractivity contribution >= 4 is 22.6 Å². The van der Waals surface area contributed by atoms with E-state index in [9.17, 15) is 22.8 Å². The van der Waals surface area contributed by atoms with Gasteiger partial charge in [-0.2, -0.15) is 13.2 Å². The van der Waals surface area contributed by atoms with Gasteiger partial charge in [-0.25, -0.2) is 0 Å². The van der Waals surface area contributed by atoms with Crippen molar-refractivity contribution in [3.63, 3.8) is 0 Å². The van der Waals surface area contributed by atoms with Crippen LogP contribution in [0, 0.1) is 0 Å². The van der Waals surface area contributed by atoms with Crippen LogP contribution < -0.4 is 5.32 Å². The Morgan fingerprint density at radius 3 is 2.21 bits per heavy atom. The quantitative estimate of drug-likeness (QED) is 0.209. The highest BCUT2D eigenvalue weighted by Gasteiger charge is 2.29. The molecule has 38 heavy (non-hydrogen) atoms. The fourth-order valence-electron chi connectivity index (χ4n) is 4.70. The van der Waals surface area contributed by atoms with Gasteiger partial charge in [0.05, 0.1) is 6.42 Å². The topological polar surface area (TPSA) is 66.4 Å². The molecule has 7 heteroatoms. The summed E-state index contributed by atoms with van der Waals surface area (Å²) in [6.07, 6.45) is 1.64. The van der Waals surface area contributed by atoms with Crippen molar-refractivity contribution in [2.24, 2.45) is 0 Å². The van der Waals surface area contributed by atoms with E-state index >= 15 is 0 Å². The van der Waals surface area contributed by atoms with E-state index in [1.807, 2.05) is 24.3 Å². The number of hydrogen-bond donors (Lipinski definition) is 2. The number of benzene rings is 3. The zero-order chi connectivity index (χ0) is 27.5. The van der Waals surface area contributed by atoms with Crippen molar-refractivity contribution < 1.29 is 27.9 Å². The maximum Gasteiger partial charge on any atom is 0.389 e. The molecular formula is C31H36F3NO3. The van der Waals surface area contributed by atoms with E-state index in [1.165, 1.54) is 31.2 Å². The normalized spacial score (nSPS) is 12.4. The number of rotatable bonds is 14. The summed E-state index contributed by atoms with van der Waals surface area (Å²) in [5.41, 5.74) is 3.09. The third-order valence-corrected chi connectivity index (χ3v) is 6.82. The number of carbonyl (C=O) groups is 2. The number of aryl methyl sites for hydroxylation is 1. The fraction of sp³-hybridized carbons (Fsp3) is 0.419. The van der Waals surface area contributed by atoms with E-state index < -0.39 is 30.4 Å². The fourth-order valence-corrected chi connectivity index (χ4v) is 4.70. The van der Waals surface area contributed by atoms with E-state index in [0.717, 1.165) is 29.2 Å². The minimum Gasteiger partial charge on any atom is -0.481 e. The molecule has 1 unspecified atom stereocenters. The number of halogens is 3. The lowest BCUT2D eigenvalue weighted by Gasteiger charge is -2.20. The first-order chi connectivity index (χ1) is 18.2. The van der Waals surface area contributed by atoms with Crippen LogP contribution in [0.15, 0.2) is 60.7 Å². The Morgan fingerprint density at radius 2 is 1.53 bits per heavy atom. The molecule has 4 nitrogen and oxygen atoms in total. The lowest BCUT2D eigenvalue weighted by molar-refractivity contribution is -0.137. The van der Waals surface area contributed by atoms with Gasteiger partial charge < -0.3 is 10.4 Å². The Kier molecular flexibility index (Phi) is 10.7. The molecule has 0 bridgehead atoms.